The molecule has 1 aromatic rings. The minimum atomic E-state index is -1.27. The zero-order valence-corrected chi connectivity index (χ0v) is 15.1. The first kappa shape index (κ1) is 18.9. The van der Waals surface area contributed by atoms with E-state index in [2.05, 4.69) is 15.3 Å². The summed E-state index contributed by atoms with van der Waals surface area (Å²) in [5, 5.41) is 11.6. The van der Waals surface area contributed by atoms with E-state index in [4.69, 9.17) is 37.8 Å². The van der Waals surface area contributed by atoms with E-state index in [0.29, 0.717) is 13.2 Å². The number of nitrogens with one attached hydrogen (secondary N) is 1. The Kier molecular flexibility index (Phi) is 7.63. The molecule has 2 rings (SSSR count). The number of anilines is 1. The van der Waals surface area contributed by atoms with Crippen LogP contribution in [0.1, 0.15) is 18.8 Å². The van der Waals surface area contributed by atoms with Gasteiger partial charge in [-0.3, -0.25) is 0 Å². The number of epoxide rings is 1. The minimum Gasteiger partial charge on any atom is -1.00 e. The number of aromatic carboxylic acids is 1. The first-order valence-corrected chi connectivity index (χ1v) is 6.65. The standard InChI is InChI=1S/C11H13Cl2N3O4.Na.H/c1-5(2-19-3-6-4-20-6)14-9-7(12)8(10(17)18)15-11(13)16-9;;/h5-6H,2-4H2,1H3,(H,17,18)(H,14,15,16);;/q;+1;-1/t5-,6-;;/m1../s1. The molecule has 0 bridgehead atoms. The molecule has 21 heavy (non-hydrogen) atoms. The molecule has 1 saturated heterocycles. The molecule has 2 heterocycles. The van der Waals surface area contributed by atoms with E-state index in [-0.39, 0.29) is 64.9 Å². The number of carboxylic acids is 1. The van der Waals surface area contributed by atoms with Gasteiger partial charge >= 0.3 is 35.5 Å². The minimum absolute atomic E-state index is 0. The smallest absolute Gasteiger partial charge is 1.00 e. The molecule has 7 nitrogen and oxygen atoms in total. The van der Waals surface area contributed by atoms with E-state index in [1.165, 1.54) is 0 Å². The number of nitrogens with zero attached hydrogens (tertiary/aromatic N) is 2. The van der Waals surface area contributed by atoms with Gasteiger partial charge in [-0.15, -0.1) is 0 Å². The van der Waals surface area contributed by atoms with Crippen LogP contribution < -0.4 is 34.9 Å². The molecule has 1 fully saturated rings. The second kappa shape index (κ2) is 8.47. The summed E-state index contributed by atoms with van der Waals surface area (Å²) in [6, 6.07) is -0.126. The Morgan fingerprint density at radius 3 is 2.86 bits per heavy atom. The number of rotatable bonds is 7. The van der Waals surface area contributed by atoms with E-state index in [9.17, 15) is 4.79 Å². The zero-order chi connectivity index (χ0) is 14.7. The Hall–Kier alpha value is -0.150. The summed E-state index contributed by atoms with van der Waals surface area (Å²) in [7, 11) is 0. The predicted octanol–water partition coefficient (Wildman–Crippen LogP) is -1.19. The van der Waals surface area contributed by atoms with E-state index in [0.717, 1.165) is 6.61 Å². The maximum Gasteiger partial charge on any atom is 1.00 e. The van der Waals surface area contributed by atoms with Gasteiger partial charge in [-0.2, -0.15) is 4.98 Å². The predicted molar refractivity (Wildman–Crippen MR) is 73.8 cm³/mol. The van der Waals surface area contributed by atoms with Gasteiger partial charge in [-0.1, -0.05) is 11.6 Å². The number of carboxylic acid groups (broad SMARTS) is 1. The number of carbonyl (C=O) groups is 1. The maximum absolute atomic E-state index is 11.0. The first-order valence-electron chi connectivity index (χ1n) is 5.89. The van der Waals surface area contributed by atoms with E-state index in [1.807, 2.05) is 6.92 Å². The fraction of sp³-hybridized carbons (Fsp3) is 0.545. The topological polar surface area (TPSA) is 96.9 Å². The van der Waals surface area contributed by atoms with Crippen LogP contribution in [0.3, 0.4) is 0 Å². The molecule has 0 radical (unpaired) electrons. The summed E-state index contributed by atoms with van der Waals surface area (Å²) < 4.78 is 10.4. The van der Waals surface area contributed by atoms with E-state index >= 15 is 0 Å². The van der Waals surface area contributed by atoms with Crippen molar-refractivity contribution in [2.45, 2.75) is 19.1 Å². The van der Waals surface area contributed by atoms with E-state index in [1.54, 1.807) is 0 Å². The van der Waals surface area contributed by atoms with Crippen LogP contribution in [0, 0.1) is 0 Å². The maximum atomic E-state index is 11.0. The fourth-order valence-electron chi connectivity index (χ4n) is 1.47. The van der Waals surface area contributed by atoms with Crippen molar-refractivity contribution in [3.63, 3.8) is 0 Å². The molecule has 1 aliphatic heterocycles. The number of hydrogen-bond donors (Lipinski definition) is 2. The molecule has 0 aliphatic carbocycles. The van der Waals surface area contributed by atoms with Gasteiger partial charge < -0.3 is 21.3 Å². The molecular weight excluding hydrogens is 332 g/mol. The van der Waals surface area contributed by atoms with Crippen LogP contribution in [-0.4, -0.2) is 53.0 Å². The summed E-state index contributed by atoms with van der Waals surface area (Å²) in [6.45, 7) is 3.52. The molecule has 1 aromatic heterocycles. The van der Waals surface area contributed by atoms with Gasteiger partial charge in [-0.25, -0.2) is 9.78 Å². The third kappa shape index (κ3) is 5.86. The average molecular weight is 346 g/mol. The second-order valence-corrected chi connectivity index (χ2v) is 5.06. The molecule has 2 atom stereocenters. The molecule has 0 unspecified atom stereocenters. The Labute approximate surface area is 155 Å². The fourth-order valence-corrected chi connectivity index (χ4v) is 1.86. The van der Waals surface area contributed by atoms with Gasteiger partial charge in [0.2, 0.25) is 5.28 Å². The van der Waals surface area contributed by atoms with E-state index < -0.39 is 5.97 Å². The molecule has 2 N–H and O–H groups in total. The average Bonchev–Trinajstić information content (AvgIpc) is 3.17. The van der Waals surface area contributed by atoms with Gasteiger partial charge in [0.25, 0.3) is 0 Å². The third-order valence-corrected chi connectivity index (χ3v) is 3.01. The Morgan fingerprint density at radius 2 is 2.29 bits per heavy atom. The molecule has 0 spiro atoms. The van der Waals surface area contributed by atoms with Crippen molar-refractivity contribution in [2.75, 3.05) is 25.1 Å². The normalized spacial score (nSPS) is 17.8. The van der Waals surface area contributed by atoms with Crippen LogP contribution in [-0.2, 0) is 9.47 Å². The van der Waals surface area contributed by atoms with Crippen molar-refractivity contribution in [3.8, 4) is 0 Å². The summed E-state index contributed by atoms with van der Waals surface area (Å²) >= 11 is 11.6. The van der Waals surface area contributed by atoms with Crippen molar-refractivity contribution >= 4 is 35.0 Å². The first-order chi connectivity index (χ1) is 9.47. The molecular formula is C11H14Cl2N3NaO4. The molecule has 0 aromatic carbocycles. The van der Waals surface area contributed by atoms with Crippen LogP contribution >= 0.6 is 23.2 Å². The zero-order valence-electron chi connectivity index (χ0n) is 12.6. The molecule has 10 heteroatoms. The number of ether oxygens (including phenoxy) is 2. The van der Waals surface area contributed by atoms with Crippen molar-refractivity contribution in [1.29, 1.82) is 0 Å². The Bertz CT molecular complexity index is 522. The van der Waals surface area contributed by atoms with Gasteiger partial charge in [0.15, 0.2) is 11.5 Å². The Balaban J connectivity index is 0.00000220. The van der Waals surface area contributed by atoms with Crippen molar-refractivity contribution < 1.29 is 50.4 Å². The number of halogens is 2. The quantitative estimate of drug-likeness (QED) is 0.364. The van der Waals surface area contributed by atoms with Crippen LogP contribution in [0.25, 0.3) is 0 Å². The Morgan fingerprint density at radius 1 is 1.62 bits per heavy atom. The third-order valence-electron chi connectivity index (χ3n) is 2.48. The monoisotopic (exact) mass is 345 g/mol. The molecule has 1 aliphatic rings. The van der Waals surface area contributed by atoms with Crippen molar-refractivity contribution in [1.82, 2.24) is 9.97 Å². The van der Waals surface area contributed by atoms with Gasteiger partial charge in [0.1, 0.15) is 11.1 Å². The van der Waals surface area contributed by atoms with Crippen LogP contribution in [0.2, 0.25) is 10.3 Å². The number of aromatic nitrogens is 2. The van der Waals surface area contributed by atoms with Gasteiger partial charge in [-0.05, 0) is 18.5 Å². The van der Waals surface area contributed by atoms with Crippen molar-refractivity contribution in [2.24, 2.45) is 0 Å². The molecule has 0 amide bonds. The number of hydrogen-bond acceptors (Lipinski definition) is 6. The second-order valence-electron chi connectivity index (χ2n) is 4.35. The summed E-state index contributed by atoms with van der Waals surface area (Å²) in [5.41, 5.74) is -0.339. The van der Waals surface area contributed by atoms with Crippen LogP contribution in [0.4, 0.5) is 5.82 Å². The van der Waals surface area contributed by atoms with Gasteiger partial charge in [0.05, 0.1) is 19.8 Å². The van der Waals surface area contributed by atoms with Gasteiger partial charge in [0, 0.05) is 6.04 Å². The van der Waals surface area contributed by atoms with Crippen molar-refractivity contribution in [3.05, 3.63) is 16.0 Å². The summed E-state index contributed by atoms with van der Waals surface area (Å²) in [5.74, 6) is -1.10. The molecule has 112 valence electrons. The van der Waals surface area contributed by atoms with Crippen LogP contribution in [0.15, 0.2) is 0 Å². The SMILES string of the molecule is C[C@H](COC[C@@H]1CO1)Nc1nc(Cl)nc(C(=O)O)c1Cl.[H-].[Na+]. The summed E-state index contributed by atoms with van der Waals surface area (Å²) in [6.07, 6.45) is 0.192. The molecule has 0 saturated carbocycles. The summed E-state index contributed by atoms with van der Waals surface area (Å²) in [4.78, 5) is 18.4. The largest absolute Gasteiger partial charge is 1.00 e. The van der Waals surface area contributed by atoms with Crippen LogP contribution in [0.5, 0.6) is 0 Å².